The van der Waals surface area contributed by atoms with Gasteiger partial charge in [0.15, 0.2) is 11.5 Å². The molecule has 0 unspecified atom stereocenters. The van der Waals surface area contributed by atoms with E-state index in [-0.39, 0.29) is 0 Å². The Bertz CT molecular complexity index is 141. The topological polar surface area (TPSA) is 17.1 Å². The lowest BCUT2D eigenvalue weighted by molar-refractivity contribution is -0.116. The van der Waals surface area contributed by atoms with Crippen LogP contribution in [0.5, 0.6) is 0 Å². The molecule has 0 spiro atoms. The van der Waals surface area contributed by atoms with Crippen molar-refractivity contribution in [3.8, 4) is 0 Å². The zero-order chi connectivity index (χ0) is 8.81. The van der Waals surface area contributed by atoms with Crippen LogP contribution in [0.3, 0.4) is 0 Å². The summed E-state index contributed by atoms with van der Waals surface area (Å²) >= 11 is 2.03. The third-order valence-corrected chi connectivity index (χ3v) is 5.72. The molecule has 70 valence electrons. The molecule has 0 bridgehead atoms. The first-order chi connectivity index (χ1) is 5.83. The molecule has 12 heavy (non-hydrogen) atoms. The molecule has 0 N–H and O–H groups in total. The van der Waals surface area contributed by atoms with Gasteiger partial charge in [0.25, 0.3) is 0 Å². The number of hydrogen-bond donors (Lipinski definition) is 0. The maximum Gasteiger partial charge on any atom is 0.181 e. The van der Waals surface area contributed by atoms with E-state index in [1.165, 1.54) is 23.0 Å². The first-order valence-electron chi connectivity index (χ1n) is 4.56. The molecule has 0 aromatic rings. The Balaban J connectivity index is 2.15. The maximum absolute atomic E-state index is 11.3. The average molecular weight is 205 g/mol. The second kappa shape index (κ2) is 5.92. The van der Waals surface area contributed by atoms with E-state index in [1.807, 2.05) is 11.8 Å². The van der Waals surface area contributed by atoms with Crippen molar-refractivity contribution in [2.75, 3.05) is 28.8 Å². The smallest absolute Gasteiger partial charge is 0.181 e. The summed E-state index contributed by atoms with van der Waals surface area (Å²) in [5.74, 6) is 6.52. The second-order valence-electron chi connectivity index (χ2n) is 3.07. The van der Waals surface area contributed by atoms with Crippen molar-refractivity contribution in [2.24, 2.45) is 0 Å². The van der Waals surface area contributed by atoms with Crippen molar-refractivity contribution in [3.05, 3.63) is 0 Å². The number of ketones is 1. The Morgan fingerprint density at radius 3 is 2.67 bits per heavy atom. The monoisotopic (exact) mass is 205 g/mol. The molecular formula is C9H17OS2+. The summed E-state index contributed by atoms with van der Waals surface area (Å²) in [6.45, 7) is 2.08. The number of carbonyl (C=O) groups excluding carboxylic acids is 1. The zero-order valence-corrected chi connectivity index (χ0v) is 9.31. The van der Waals surface area contributed by atoms with E-state index in [0.717, 1.165) is 18.6 Å². The standard InChI is InChI=1S/C9H17OS2/c1-2-3-9(10)8-12-6-4-11-5-7-12/h2-8H2,1H3/q+1. The third kappa shape index (κ3) is 3.85. The summed E-state index contributed by atoms with van der Waals surface area (Å²) in [5, 5.41) is 0. The fourth-order valence-electron chi connectivity index (χ4n) is 1.28. The van der Waals surface area contributed by atoms with Gasteiger partial charge in [0.2, 0.25) is 0 Å². The SMILES string of the molecule is CCCC(=O)C[S+]1CCSCC1. The minimum atomic E-state index is 0.453. The molecule has 1 aliphatic rings. The molecule has 1 heterocycles. The Kier molecular flexibility index (Phi) is 5.16. The van der Waals surface area contributed by atoms with E-state index >= 15 is 0 Å². The Morgan fingerprint density at radius 1 is 1.42 bits per heavy atom. The van der Waals surface area contributed by atoms with Crippen LogP contribution in [0.4, 0.5) is 0 Å². The van der Waals surface area contributed by atoms with Crippen molar-refractivity contribution in [1.29, 1.82) is 0 Å². The molecule has 1 rings (SSSR count). The molecule has 3 heteroatoms. The highest BCUT2D eigenvalue weighted by Gasteiger charge is 2.24. The predicted octanol–water partition coefficient (Wildman–Crippen LogP) is 1.72. The molecule has 0 aromatic heterocycles. The summed E-state index contributed by atoms with van der Waals surface area (Å²) in [4.78, 5) is 11.3. The summed E-state index contributed by atoms with van der Waals surface area (Å²) in [5.41, 5.74) is 0. The third-order valence-electron chi connectivity index (χ3n) is 1.93. The Morgan fingerprint density at radius 2 is 2.08 bits per heavy atom. The van der Waals surface area contributed by atoms with E-state index in [9.17, 15) is 4.79 Å². The first kappa shape index (κ1) is 10.5. The molecule has 0 saturated carbocycles. The summed E-state index contributed by atoms with van der Waals surface area (Å²) in [7, 11) is 0.453. The lowest BCUT2D eigenvalue weighted by atomic mass is 10.3. The molecule has 1 saturated heterocycles. The Hall–Kier alpha value is 0.370. The van der Waals surface area contributed by atoms with Gasteiger partial charge in [-0.2, -0.15) is 11.8 Å². The van der Waals surface area contributed by atoms with Crippen LogP contribution in [0.1, 0.15) is 19.8 Å². The molecule has 1 fully saturated rings. The molecular weight excluding hydrogens is 188 g/mol. The van der Waals surface area contributed by atoms with Gasteiger partial charge in [-0.15, -0.1) is 0 Å². The van der Waals surface area contributed by atoms with E-state index in [0.29, 0.717) is 16.7 Å². The van der Waals surface area contributed by atoms with Crippen LogP contribution in [0.2, 0.25) is 0 Å². The summed E-state index contributed by atoms with van der Waals surface area (Å²) < 4.78 is 0. The average Bonchev–Trinajstić information content (AvgIpc) is 2.06. The van der Waals surface area contributed by atoms with Crippen LogP contribution in [0, 0.1) is 0 Å². The Labute approximate surface area is 82.0 Å². The van der Waals surface area contributed by atoms with Crippen molar-refractivity contribution >= 4 is 28.4 Å². The van der Waals surface area contributed by atoms with Crippen molar-refractivity contribution in [3.63, 3.8) is 0 Å². The minimum Gasteiger partial charge on any atom is -0.294 e. The lowest BCUT2D eigenvalue weighted by Crippen LogP contribution is -2.27. The molecule has 0 radical (unpaired) electrons. The number of carbonyl (C=O) groups is 1. The van der Waals surface area contributed by atoms with Crippen LogP contribution in [0.15, 0.2) is 0 Å². The molecule has 1 nitrogen and oxygen atoms in total. The summed E-state index contributed by atoms with van der Waals surface area (Å²) in [6, 6.07) is 0. The maximum atomic E-state index is 11.3. The van der Waals surface area contributed by atoms with Crippen molar-refractivity contribution < 1.29 is 4.79 Å². The van der Waals surface area contributed by atoms with E-state index in [1.54, 1.807) is 0 Å². The summed E-state index contributed by atoms with van der Waals surface area (Å²) in [6.07, 6.45) is 1.82. The van der Waals surface area contributed by atoms with Gasteiger partial charge in [-0.25, -0.2) is 0 Å². The van der Waals surface area contributed by atoms with Crippen LogP contribution < -0.4 is 0 Å². The van der Waals surface area contributed by atoms with E-state index < -0.39 is 0 Å². The molecule has 1 aliphatic heterocycles. The fourth-order valence-corrected chi connectivity index (χ4v) is 5.41. The van der Waals surface area contributed by atoms with Gasteiger partial charge in [0, 0.05) is 17.9 Å². The van der Waals surface area contributed by atoms with E-state index in [4.69, 9.17) is 0 Å². The molecule has 0 amide bonds. The second-order valence-corrected chi connectivity index (χ2v) is 6.62. The van der Waals surface area contributed by atoms with Gasteiger partial charge >= 0.3 is 0 Å². The predicted molar refractivity (Wildman–Crippen MR) is 59.2 cm³/mol. The normalized spacial score (nSPS) is 19.4. The highest BCUT2D eigenvalue weighted by molar-refractivity contribution is 8.05. The van der Waals surface area contributed by atoms with Crippen LogP contribution in [-0.2, 0) is 15.7 Å². The van der Waals surface area contributed by atoms with Crippen molar-refractivity contribution in [2.45, 2.75) is 19.8 Å². The molecule has 0 aromatic carbocycles. The van der Waals surface area contributed by atoms with E-state index in [2.05, 4.69) is 6.92 Å². The fraction of sp³-hybridized carbons (Fsp3) is 0.889. The lowest BCUT2D eigenvalue weighted by Gasteiger charge is -2.12. The zero-order valence-electron chi connectivity index (χ0n) is 7.67. The number of Topliss-reactive ketones (excluding diaryl/α,β-unsaturated/α-hetero) is 1. The van der Waals surface area contributed by atoms with Gasteiger partial charge in [0.1, 0.15) is 11.5 Å². The van der Waals surface area contributed by atoms with Gasteiger partial charge < -0.3 is 0 Å². The van der Waals surface area contributed by atoms with Crippen molar-refractivity contribution in [1.82, 2.24) is 0 Å². The highest BCUT2D eigenvalue weighted by atomic mass is 32.2. The van der Waals surface area contributed by atoms with Gasteiger partial charge in [0.05, 0.1) is 0 Å². The molecule has 0 atom stereocenters. The first-order valence-corrected chi connectivity index (χ1v) is 7.45. The quantitative estimate of drug-likeness (QED) is 0.650. The van der Waals surface area contributed by atoms with Gasteiger partial charge in [-0.1, -0.05) is 6.92 Å². The minimum absolute atomic E-state index is 0.453. The van der Waals surface area contributed by atoms with Crippen LogP contribution >= 0.6 is 11.8 Å². The van der Waals surface area contributed by atoms with Gasteiger partial charge in [-0.05, 0) is 17.3 Å². The van der Waals surface area contributed by atoms with Crippen LogP contribution in [-0.4, -0.2) is 34.5 Å². The highest BCUT2D eigenvalue weighted by Crippen LogP contribution is 2.14. The van der Waals surface area contributed by atoms with Gasteiger partial charge in [-0.3, -0.25) is 4.79 Å². The number of hydrogen-bond acceptors (Lipinski definition) is 2. The van der Waals surface area contributed by atoms with Crippen LogP contribution in [0.25, 0.3) is 0 Å². The largest absolute Gasteiger partial charge is 0.294 e. The number of rotatable bonds is 4. The molecule has 0 aliphatic carbocycles. The number of thioether (sulfide) groups is 1.